The molecule has 3 heteroatoms. The van der Waals surface area contributed by atoms with Crippen molar-refractivity contribution in [2.45, 2.75) is 19.3 Å². The zero-order chi connectivity index (χ0) is 10.2. The number of benzene rings is 1. The SMILES string of the molecule is O=CCCCCN(F)c1ccccc1. The Morgan fingerprint density at radius 1 is 1.21 bits per heavy atom. The van der Waals surface area contributed by atoms with E-state index in [0.29, 0.717) is 30.2 Å². The van der Waals surface area contributed by atoms with Crippen LogP contribution in [0.25, 0.3) is 0 Å². The molecule has 0 atom stereocenters. The van der Waals surface area contributed by atoms with Crippen molar-refractivity contribution in [2.75, 3.05) is 11.7 Å². The first kappa shape index (κ1) is 10.7. The van der Waals surface area contributed by atoms with Crippen molar-refractivity contribution in [3.05, 3.63) is 30.3 Å². The molecule has 0 aromatic heterocycles. The Balaban J connectivity index is 2.28. The van der Waals surface area contributed by atoms with E-state index in [1.54, 1.807) is 24.3 Å². The molecule has 1 rings (SSSR count). The van der Waals surface area contributed by atoms with Gasteiger partial charge >= 0.3 is 0 Å². The smallest absolute Gasteiger partial charge is 0.119 e. The Morgan fingerprint density at radius 2 is 1.93 bits per heavy atom. The van der Waals surface area contributed by atoms with Crippen LogP contribution in [-0.4, -0.2) is 12.8 Å². The van der Waals surface area contributed by atoms with Crippen molar-refractivity contribution >= 4 is 12.0 Å². The summed E-state index contributed by atoms with van der Waals surface area (Å²) in [4.78, 5) is 10.0. The van der Waals surface area contributed by atoms with Gasteiger partial charge in [0, 0.05) is 6.42 Å². The molecule has 2 nitrogen and oxygen atoms in total. The van der Waals surface area contributed by atoms with Crippen LogP contribution >= 0.6 is 0 Å². The quantitative estimate of drug-likeness (QED) is 0.395. The van der Waals surface area contributed by atoms with E-state index in [0.717, 1.165) is 12.7 Å². The van der Waals surface area contributed by atoms with Gasteiger partial charge in [-0.1, -0.05) is 22.7 Å². The predicted molar refractivity (Wildman–Crippen MR) is 54.8 cm³/mol. The van der Waals surface area contributed by atoms with E-state index in [9.17, 15) is 9.28 Å². The van der Waals surface area contributed by atoms with Crippen LogP contribution in [0.1, 0.15) is 19.3 Å². The Labute approximate surface area is 83.3 Å². The van der Waals surface area contributed by atoms with Gasteiger partial charge in [0.1, 0.15) is 6.29 Å². The molecule has 0 saturated heterocycles. The summed E-state index contributed by atoms with van der Waals surface area (Å²) in [6.07, 6.45) is 2.83. The van der Waals surface area contributed by atoms with Gasteiger partial charge in [-0.25, -0.2) is 5.12 Å². The first-order valence-electron chi connectivity index (χ1n) is 4.76. The summed E-state index contributed by atoms with van der Waals surface area (Å²) in [6, 6.07) is 8.89. The highest BCUT2D eigenvalue weighted by atomic mass is 19.2. The normalized spacial score (nSPS) is 9.79. The van der Waals surface area contributed by atoms with Gasteiger partial charge in [0.15, 0.2) is 0 Å². The minimum Gasteiger partial charge on any atom is -0.303 e. The molecule has 76 valence electrons. The molecule has 0 fully saturated rings. The van der Waals surface area contributed by atoms with Gasteiger partial charge in [-0.3, -0.25) is 0 Å². The number of unbranched alkanes of at least 4 members (excludes halogenated alkanes) is 2. The molecule has 1 aromatic carbocycles. The van der Waals surface area contributed by atoms with Gasteiger partial charge in [-0.15, -0.1) is 0 Å². The molecule has 0 aliphatic rings. The third kappa shape index (κ3) is 3.56. The van der Waals surface area contributed by atoms with Crippen molar-refractivity contribution in [3.63, 3.8) is 0 Å². The first-order chi connectivity index (χ1) is 6.84. The average molecular weight is 195 g/mol. The fourth-order valence-corrected chi connectivity index (χ4v) is 1.20. The average Bonchev–Trinajstić information content (AvgIpc) is 2.25. The van der Waals surface area contributed by atoms with Crippen LogP contribution in [0.5, 0.6) is 0 Å². The van der Waals surface area contributed by atoms with Crippen LogP contribution in [0.2, 0.25) is 0 Å². The summed E-state index contributed by atoms with van der Waals surface area (Å²) in [6.45, 7) is 0.345. The van der Waals surface area contributed by atoms with Gasteiger partial charge in [-0.2, -0.15) is 0 Å². The molecule has 0 spiro atoms. The summed E-state index contributed by atoms with van der Waals surface area (Å²) in [5.74, 6) is 0. The molecule has 0 amide bonds. The van der Waals surface area contributed by atoms with Crippen molar-refractivity contribution in [1.29, 1.82) is 0 Å². The Morgan fingerprint density at radius 3 is 2.57 bits per heavy atom. The van der Waals surface area contributed by atoms with Gasteiger partial charge in [0.2, 0.25) is 0 Å². The number of aldehydes is 1. The van der Waals surface area contributed by atoms with Crippen LogP contribution in [0, 0.1) is 0 Å². The van der Waals surface area contributed by atoms with Crippen LogP contribution in [0.4, 0.5) is 10.2 Å². The third-order valence-electron chi connectivity index (χ3n) is 1.96. The number of carbonyl (C=O) groups is 1. The minimum atomic E-state index is 0.345. The number of hydrogen-bond acceptors (Lipinski definition) is 2. The lowest BCUT2D eigenvalue weighted by Gasteiger charge is -2.12. The molecule has 0 saturated carbocycles. The lowest BCUT2D eigenvalue weighted by molar-refractivity contribution is -0.107. The Hall–Kier alpha value is -1.38. The summed E-state index contributed by atoms with van der Waals surface area (Å²) in [7, 11) is 0. The monoisotopic (exact) mass is 195 g/mol. The van der Waals surface area contributed by atoms with Gasteiger partial charge < -0.3 is 4.79 Å². The first-order valence-corrected chi connectivity index (χ1v) is 4.76. The molecule has 0 unspecified atom stereocenters. The van der Waals surface area contributed by atoms with Crippen molar-refractivity contribution in [1.82, 2.24) is 0 Å². The van der Waals surface area contributed by atoms with Gasteiger partial charge in [0.05, 0.1) is 12.2 Å². The van der Waals surface area contributed by atoms with Crippen molar-refractivity contribution < 1.29 is 9.28 Å². The second-order valence-corrected chi connectivity index (χ2v) is 3.08. The highest BCUT2D eigenvalue weighted by molar-refractivity contribution is 5.49. The van der Waals surface area contributed by atoms with Crippen LogP contribution in [0.3, 0.4) is 0 Å². The molecular weight excluding hydrogens is 181 g/mol. The molecule has 0 N–H and O–H groups in total. The number of halogens is 1. The zero-order valence-electron chi connectivity index (χ0n) is 8.03. The van der Waals surface area contributed by atoms with Crippen molar-refractivity contribution in [3.8, 4) is 0 Å². The van der Waals surface area contributed by atoms with Crippen LogP contribution < -0.4 is 5.12 Å². The van der Waals surface area contributed by atoms with Crippen molar-refractivity contribution in [2.24, 2.45) is 0 Å². The number of hydrogen-bond donors (Lipinski definition) is 0. The lowest BCUT2D eigenvalue weighted by atomic mass is 10.2. The van der Waals surface area contributed by atoms with E-state index in [1.807, 2.05) is 6.07 Å². The van der Waals surface area contributed by atoms with E-state index in [1.165, 1.54) is 0 Å². The fourth-order valence-electron chi connectivity index (χ4n) is 1.20. The summed E-state index contributed by atoms with van der Waals surface area (Å²) in [5.41, 5.74) is 0.568. The van der Waals surface area contributed by atoms with E-state index in [2.05, 4.69) is 0 Å². The van der Waals surface area contributed by atoms with Crippen LogP contribution in [0.15, 0.2) is 30.3 Å². The summed E-state index contributed by atoms with van der Waals surface area (Å²) < 4.78 is 13.3. The highest BCUT2D eigenvalue weighted by Crippen LogP contribution is 2.14. The standard InChI is InChI=1S/C11H14FNO/c12-13(9-5-2-6-10-14)11-7-3-1-4-8-11/h1,3-4,7-8,10H,2,5-6,9H2. The third-order valence-corrected chi connectivity index (χ3v) is 1.96. The second-order valence-electron chi connectivity index (χ2n) is 3.08. The van der Waals surface area contributed by atoms with Gasteiger partial charge in [0.25, 0.3) is 0 Å². The summed E-state index contributed by atoms with van der Waals surface area (Å²) >= 11 is 0. The number of para-hydroxylation sites is 1. The van der Waals surface area contributed by atoms with E-state index in [4.69, 9.17) is 0 Å². The summed E-state index contributed by atoms with van der Waals surface area (Å²) in [5, 5.41) is 0.713. The number of carbonyl (C=O) groups excluding carboxylic acids is 1. The largest absolute Gasteiger partial charge is 0.303 e. The van der Waals surface area contributed by atoms with E-state index in [-0.39, 0.29) is 0 Å². The zero-order valence-corrected chi connectivity index (χ0v) is 8.03. The molecule has 0 aliphatic heterocycles. The second kappa shape index (κ2) is 6.13. The number of anilines is 1. The Kier molecular flexibility index (Phi) is 4.69. The molecule has 0 aliphatic carbocycles. The van der Waals surface area contributed by atoms with E-state index >= 15 is 0 Å². The molecule has 14 heavy (non-hydrogen) atoms. The van der Waals surface area contributed by atoms with Crippen LogP contribution in [-0.2, 0) is 4.79 Å². The lowest BCUT2D eigenvalue weighted by Crippen LogP contribution is -2.12. The Bertz CT molecular complexity index is 263. The fraction of sp³-hybridized carbons (Fsp3) is 0.364. The topological polar surface area (TPSA) is 20.3 Å². The number of rotatable bonds is 6. The molecule has 1 aromatic rings. The molecule has 0 bridgehead atoms. The molecule has 0 radical (unpaired) electrons. The van der Waals surface area contributed by atoms with E-state index < -0.39 is 0 Å². The number of nitrogens with zero attached hydrogens (tertiary/aromatic N) is 1. The predicted octanol–water partition coefficient (Wildman–Crippen LogP) is 2.75. The highest BCUT2D eigenvalue weighted by Gasteiger charge is 2.02. The maximum atomic E-state index is 13.3. The molecular formula is C11H14FNO. The maximum absolute atomic E-state index is 13.3. The maximum Gasteiger partial charge on any atom is 0.119 e. The minimum absolute atomic E-state index is 0.345. The molecule has 0 heterocycles. The van der Waals surface area contributed by atoms with Gasteiger partial charge in [-0.05, 0) is 25.0 Å².